The number of nitrogens with two attached hydrogens (primary N) is 1. The molecule has 0 bridgehead atoms. The van der Waals surface area contributed by atoms with Gasteiger partial charge in [-0.15, -0.1) is 24.8 Å². The fourth-order valence-electron chi connectivity index (χ4n) is 5.69. The molecule has 2 amide bonds. The van der Waals surface area contributed by atoms with Gasteiger partial charge in [-0.05, 0) is 77.8 Å². The fourth-order valence-corrected chi connectivity index (χ4v) is 5.69. The van der Waals surface area contributed by atoms with Gasteiger partial charge in [-0.2, -0.15) is 0 Å². The van der Waals surface area contributed by atoms with Crippen molar-refractivity contribution in [2.24, 2.45) is 0 Å². The smallest absolute Gasteiger partial charge is 0.319 e. The molecule has 1 heterocycles. The number of ether oxygens (including phenoxy) is 2. The highest BCUT2D eigenvalue weighted by Gasteiger charge is 2.37. The number of anilines is 3. The van der Waals surface area contributed by atoms with E-state index in [-0.39, 0.29) is 48.1 Å². The summed E-state index contributed by atoms with van der Waals surface area (Å²) in [5.74, 6) is 2.12. The standard InChI is InChI=1S/C33H44N4O3.2ClH/c1-22(2)29-18-25(34)19-30(23(3)4)31(29)36-32(38)35-21-33(24-9-7-11-27(17-24)39-5)13-15-37(16-14-33)26-10-8-12-28(20-26)40-6;;/h7-12,17-20,22-23H,13-16,21,34H2,1-6H3,(H2,35,36,38);2*1H. The topological polar surface area (TPSA) is 88.9 Å². The minimum absolute atomic E-state index is 0. The summed E-state index contributed by atoms with van der Waals surface area (Å²) >= 11 is 0. The first-order chi connectivity index (χ1) is 19.2. The summed E-state index contributed by atoms with van der Waals surface area (Å²) in [6.07, 6.45) is 1.77. The highest BCUT2D eigenvalue weighted by molar-refractivity contribution is 5.92. The van der Waals surface area contributed by atoms with Gasteiger partial charge in [0.1, 0.15) is 11.5 Å². The Balaban J connectivity index is 0.00000308. The van der Waals surface area contributed by atoms with Crippen LogP contribution < -0.4 is 30.7 Å². The maximum atomic E-state index is 13.4. The highest BCUT2D eigenvalue weighted by Crippen LogP contribution is 2.39. The number of rotatable bonds is 9. The third-order valence-corrected chi connectivity index (χ3v) is 8.11. The van der Waals surface area contributed by atoms with Crippen molar-refractivity contribution in [2.75, 3.05) is 49.8 Å². The van der Waals surface area contributed by atoms with Gasteiger partial charge in [0.05, 0.1) is 14.2 Å². The molecule has 42 heavy (non-hydrogen) atoms. The second-order valence-electron chi connectivity index (χ2n) is 11.4. The van der Waals surface area contributed by atoms with Crippen molar-refractivity contribution in [3.63, 3.8) is 0 Å². The first kappa shape index (κ1) is 34.9. The summed E-state index contributed by atoms with van der Waals surface area (Å²) in [4.78, 5) is 15.8. The molecule has 1 aliphatic rings. The van der Waals surface area contributed by atoms with Crippen LogP contribution in [0.2, 0.25) is 0 Å². The lowest BCUT2D eigenvalue weighted by molar-refractivity contribution is 0.244. The van der Waals surface area contributed by atoms with E-state index in [1.807, 2.05) is 36.4 Å². The number of methoxy groups -OCH3 is 2. The molecule has 4 N–H and O–H groups in total. The number of nitrogen functional groups attached to an aromatic ring is 1. The lowest BCUT2D eigenvalue weighted by atomic mass is 9.72. The van der Waals surface area contributed by atoms with Gasteiger partial charge < -0.3 is 30.7 Å². The van der Waals surface area contributed by atoms with Crippen LogP contribution in [-0.2, 0) is 5.41 Å². The average molecular weight is 618 g/mol. The van der Waals surface area contributed by atoms with E-state index in [1.54, 1.807) is 14.2 Å². The van der Waals surface area contributed by atoms with Crippen LogP contribution in [0.5, 0.6) is 11.5 Å². The molecule has 4 rings (SSSR count). The molecule has 0 unspecified atom stereocenters. The third-order valence-electron chi connectivity index (χ3n) is 8.11. The Hall–Kier alpha value is -3.29. The minimum Gasteiger partial charge on any atom is -0.497 e. The summed E-state index contributed by atoms with van der Waals surface area (Å²) < 4.78 is 11.0. The molecule has 0 atom stereocenters. The molecule has 1 aliphatic heterocycles. The van der Waals surface area contributed by atoms with Crippen LogP contribution in [0.3, 0.4) is 0 Å². The molecule has 230 valence electrons. The largest absolute Gasteiger partial charge is 0.497 e. The van der Waals surface area contributed by atoms with Crippen LogP contribution >= 0.6 is 24.8 Å². The Bertz CT molecular complexity index is 1300. The van der Waals surface area contributed by atoms with Gasteiger partial charge in [0.25, 0.3) is 0 Å². The molecule has 1 fully saturated rings. The molecule has 0 spiro atoms. The Morgan fingerprint density at radius 2 is 1.43 bits per heavy atom. The number of carbonyl (C=O) groups excluding carboxylic acids is 1. The summed E-state index contributed by atoms with van der Waals surface area (Å²) in [6, 6.07) is 20.2. The zero-order chi connectivity index (χ0) is 28.9. The summed E-state index contributed by atoms with van der Waals surface area (Å²) in [7, 11) is 3.38. The number of urea groups is 1. The van der Waals surface area contributed by atoms with E-state index in [4.69, 9.17) is 15.2 Å². The first-order valence-electron chi connectivity index (χ1n) is 14.2. The monoisotopic (exact) mass is 616 g/mol. The highest BCUT2D eigenvalue weighted by atomic mass is 35.5. The molecule has 0 radical (unpaired) electrons. The molecule has 9 heteroatoms. The predicted molar refractivity (Wildman–Crippen MR) is 180 cm³/mol. The van der Waals surface area contributed by atoms with Crippen LogP contribution in [0, 0.1) is 0 Å². The fraction of sp³-hybridized carbons (Fsp3) is 0.424. The van der Waals surface area contributed by atoms with Crippen molar-refractivity contribution in [3.8, 4) is 11.5 Å². The Labute approximate surface area is 263 Å². The molecule has 3 aromatic carbocycles. The minimum atomic E-state index is -0.232. The zero-order valence-electron chi connectivity index (χ0n) is 25.5. The van der Waals surface area contributed by atoms with E-state index in [0.29, 0.717) is 6.54 Å². The van der Waals surface area contributed by atoms with E-state index < -0.39 is 0 Å². The average Bonchev–Trinajstić information content (AvgIpc) is 2.96. The predicted octanol–water partition coefficient (Wildman–Crippen LogP) is 7.74. The zero-order valence-corrected chi connectivity index (χ0v) is 27.2. The molecular formula is C33H46Cl2N4O3. The summed E-state index contributed by atoms with van der Waals surface area (Å²) in [6.45, 7) is 10.7. The second kappa shape index (κ2) is 15.3. The molecular weight excluding hydrogens is 571 g/mol. The number of piperidine rings is 1. The Morgan fingerprint density at radius 1 is 0.881 bits per heavy atom. The Kier molecular flexibility index (Phi) is 12.7. The van der Waals surface area contributed by atoms with Gasteiger partial charge in [-0.1, -0.05) is 45.9 Å². The van der Waals surface area contributed by atoms with Gasteiger partial charge in [-0.25, -0.2) is 4.79 Å². The van der Waals surface area contributed by atoms with Crippen molar-refractivity contribution in [1.29, 1.82) is 0 Å². The van der Waals surface area contributed by atoms with Crippen molar-refractivity contribution in [1.82, 2.24) is 5.32 Å². The third kappa shape index (κ3) is 7.96. The van der Waals surface area contributed by atoms with E-state index >= 15 is 0 Å². The molecule has 0 aliphatic carbocycles. The summed E-state index contributed by atoms with van der Waals surface area (Å²) in [5, 5.41) is 6.43. The van der Waals surface area contributed by atoms with Gasteiger partial charge in [0.2, 0.25) is 0 Å². The van der Waals surface area contributed by atoms with E-state index in [2.05, 4.69) is 67.5 Å². The van der Waals surface area contributed by atoms with Crippen molar-refractivity contribution < 1.29 is 14.3 Å². The maximum Gasteiger partial charge on any atom is 0.319 e. The van der Waals surface area contributed by atoms with Crippen molar-refractivity contribution in [2.45, 2.75) is 57.8 Å². The molecule has 7 nitrogen and oxygen atoms in total. The number of nitrogens with one attached hydrogen (secondary N) is 2. The molecule has 1 saturated heterocycles. The lowest BCUT2D eigenvalue weighted by Gasteiger charge is -2.43. The second-order valence-corrected chi connectivity index (χ2v) is 11.4. The van der Waals surface area contributed by atoms with E-state index in [9.17, 15) is 4.79 Å². The molecule has 3 aromatic rings. The molecule has 0 aromatic heterocycles. The van der Waals surface area contributed by atoms with Crippen LogP contribution in [0.25, 0.3) is 0 Å². The lowest BCUT2D eigenvalue weighted by Crippen LogP contribution is -2.49. The van der Waals surface area contributed by atoms with Crippen LogP contribution in [-0.4, -0.2) is 39.9 Å². The number of hydrogen-bond donors (Lipinski definition) is 3. The summed E-state index contributed by atoms with van der Waals surface area (Å²) in [5.41, 5.74) is 12.0. The number of nitrogens with zero attached hydrogens (tertiary/aromatic N) is 1. The quantitative estimate of drug-likeness (QED) is 0.214. The van der Waals surface area contributed by atoms with Gasteiger partial charge in [-0.3, -0.25) is 0 Å². The van der Waals surface area contributed by atoms with Gasteiger partial charge in [0, 0.05) is 48.2 Å². The number of halogens is 2. The number of hydrogen-bond acceptors (Lipinski definition) is 5. The maximum absolute atomic E-state index is 13.4. The van der Waals surface area contributed by atoms with Gasteiger partial charge >= 0.3 is 6.03 Å². The van der Waals surface area contributed by atoms with E-state index in [0.717, 1.165) is 65.6 Å². The number of amides is 2. The van der Waals surface area contributed by atoms with Crippen LogP contribution in [0.1, 0.15) is 69.1 Å². The SMILES string of the molecule is COc1cccc(N2CCC(CNC(=O)Nc3c(C(C)C)cc(N)cc3C(C)C)(c3cccc(OC)c3)CC2)c1.Cl.Cl. The van der Waals surface area contributed by atoms with Crippen molar-refractivity contribution >= 4 is 47.9 Å². The Morgan fingerprint density at radius 3 is 1.98 bits per heavy atom. The number of benzene rings is 3. The normalized spacial score (nSPS) is 14.0. The van der Waals surface area contributed by atoms with E-state index in [1.165, 1.54) is 5.56 Å². The number of carbonyl (C=O) groups is 1. The molecule has 0 saturated carbocycles. The van der Waals surface area contributed by atoms with Crippen molar-refractivity contribution in [3.05, 3.63) is 77.4 Å². The van der Waals surface area contributed by atoms with Gasteiger partial charge in [0.15, 0.2) is 0 Å². The van der Waals surface area contributed by atoms with Crippen LogP contribution in [0.4, 0.5) is 21.9 Å². The first-order valence-corrected chi connectivity index (χ1v) is 14.2. The van der Waals surface area contributed by atoms with Crippen LogP contribution in [0.15, 0.2) is 60.7 Å².